The van der Waals surface area contributed by atoms with E-state index in [9.17, 15) is 14.4 Å². The Balaban J connectivity index is 1.57. The molecular formula is C21H22N2O6. The average molecular weight is 398 g/mol. The van der Waals surface area contributed by atoms with Gasteiger partial charge in [0.1, 0.15) is 11.5 Å². The molecule has 8 nitrogen and oxygen atoms in total. The normalized spacial score (nSPS) is 16.0. The fourth-order valence-electron chi connectivity index (χ4n) is 2.83. The summed E-state index contributed by atoms with van der Waals surface area (Å²) in [6.45, 7) is 3.33. The van der Waals surface area contributed by atoms with Crippen LogP contribution in [0.4, 0.5) is 11.4 Å². The van der Waals surface area contributed by atoms with Crippen molar-refractivity contribution in [1.82, 2.24) is 0 Å². The van der Waals surface area contributed by atoms with Crippen LogP contribution in [0, 0.1) is 6.92 Å². The van der Waals surface area contributed by atoms with E-state index in [-0.39, 0.29) is 6.42 Å². The van der Waals surface area contributed by atoms with E-state index in [0.717, 1.165) is 5.56 Å². The zero-order chi connectivity index (χ0) is 21.0. The number of amides is 2. The van der Waals surface area contributed by atoms with Crippen molar-refractivity contribution >= 4 is 29.2 Å². The minimum Gasteiger partial charge on any atom is -0.495 e. The minimum absolute atomic E-state index is 0.314. The van der Waals surface area contributed by atoms with Crippen LogP contribution >= 0.6 is 0 Å². The van der Waals surface area contributed by atoms with Crippen molar-refractivity contribution in [3.8, 4) is 11.5 Å². The predicted molar refractivity (Wildman–Crippen MR) is 106 cm³/mol. The smallest absolute Gasteiger partial charge is 0.310 e. The number of para-hydroxylation sites is 2. The van der Waals surface area contributed by atoms with Crippen molar-refractivity contribution < 1.29 is 28.6 Å². The fourth-order valence-corrected chi connectivity index (χ4v) is 2.83. The minimum atomic E-state index is -1.06. The van der Waals surface area contributed by atoms with Crippen molar-refractivity contribution in [2.45, 2.75) is 32.5 Å². The van der Waals surface area contributed by atoms with Gasteiger partial charge in [-0.1, -0.05) is 18.2 Å². The maximum absolute atomic E-state index is 12.4. The largest absolute Gasteiger partial charge is 0.495 e. The number of benzene rings is 2. The van der Waals surface area contributed by atoms with Gasteiger partial charge in [-0.05, 0) is 43.7 Å². The first-order valence-corrected chi connectivity index (χ1v) is 9.09. The molecule has 0 radical (unpaired) electrons. The van der Waals surface area contributed by atoms with Gasteiger partial charge >= 0.3 is 5.97 Å². The van der Waals surface area contributed by atoms with Gasteiger partial charge in [-0.15, -0.1) is 0 Å². The molecule has 2 N–H and O–H groups in total. The number of hydrogen-bond acceptors (Lipinski definition) is 6. The van der Waals surface area contributed by atoms with Crippen LogP contribution in [-0.4, -0.2) is 37.1 Å². The summed E-state index contributed by atoms with van der Waals surface area (Å²) in [4.78, 5) is 36.7. The third-order valence-corrected chi connectivity index (χ3v) is 4.35. The lowest BCUT2D eigenvalue weighted by molar-refractivity contribution is -0.155. The molecule has 29 heavy (non-hydrogen) atoms. The SMILES string of the molecule is COc1ccc(C)cc1NC(=O)[C@H](C)OC(=O)C[C@H]1Oc2ccccc2NC1=O. The van der Waals surface area contributed by atoms with E-state index in [4.69, 9.17) is 14.2 Å². The monoisotopic (exact) mass is 398 g/mol. The maximum atomic E-state index is 12.4. The number of carbonyl (C=O) groups excluding carboxylic acids is 3. The second-order valence-electron chi connectivity index (χ2n) is 6.62. The van der Waals surface area contributed by atoms with Gasteiger partial charge < -0.3 is 24.8 Å². The van der Waals surface area contributed by atoms with Crippen molar-refractivity contribution in [1.29, 1.82) is 0 Å². The Labute approximate surface area is 168 Å². The molecule has 0 spiro atoms. The maximum Gasteiger partial charge on any atom is 0.310 e. The number of esters is 1. The lowest BCUT2D eigenvalue weighted by Crippen LogP contribution is -2.40. The summed E-state index contributed by atoms with van der Waals surface area (Å²) in [7, 11) is 1.50. The highest BCUT2D eigenvalue weighted by molar-refractivity contribution is 6.00. The lowest BCUT2D eigenvalue weighted by Gasteiger charge is -2.25. The molecule has 2 atom stereocenters. The van der Waals surface area contributed by atoms with Crippen LogP contribution in [0.5, 0.6) is 11.5 Å². The van der Waals surface area contributed by atoms with E-state index in [1.807, 2.05) is 13.0 Å². The number of methoxy groups -OCH3 is 1. The quantitative estimate of drug-likeness (QED) is 0.725. The first-order valence-electron chi connectivity index (χ1n) is 9.09. The van der Waals surface area contributed by atoms with E-state index >= 15 is 0 Å². The topological polar surface area (TPSA) is 103 Å². The van der Waals surface area contributed by atoms with Gasteiger partial charge in [0, 0.05) is 0 Å². The van der Waals surface area contributed by atoms with Crippen LogP contribution in [0.3, 0.4) is 0 Å². The van der Waals surface area contributed by atoms with Crippen molar-refractivity contribution in [3.63, 3.8) is 0 Å². The van der Waals surface area contributed by atoms with Gasteiger partial charge in [-0.3, -0.25) is 14.4 Å². The molecule has 0 saturated carbocycles. The van der Waals surface area contributed by atoms with Gasteiger partial charge in [-0.25, -0.2) is 0 Å². The Bertz CT molecular complexity index is 943. The van der Waals surface area contributed by atoms with E-state index in [1.54, 1.807) is 36.4 Å². The number of rotatable bonds is 6. The van der Waals surface area contributed by atoms with E-state index in [1.165, 1.54) is 14.0 Å². The van der Waals surface area contributed by atoms with E-state index in [2.05, 4.69) is 10.6 Å². The lowest BCUT2D eigenvalue weighted by atomic mass is 10.1. The summed E-state index contributed by atoms with van der Waals surface area (Å²) in [6.07, 6.45) is -2.40. The molecule has 2 amide bonds. The Hall–Kier alpha value is -3.55. The predicted octanol–water partition coefficient (Wildman–Crippen LogP) is 2.66. The van der Waals surface area contributed by atoms with Crippen molar-refractivity contribution in [2.75, 3.05) is 17.7 Å². The Morgan fingerprint density at radius 3 is 2.76 bits per heavy atom. The molecule has 2 aromatic rings. The second-order valence-corrected chi connectivity index (χ2v) is 6.62. The molecule has 0 saturated heterocycles. The zero-order valence-corrected chi connectivity index (χ0v) is 16.4. The summed E-state index contributed by atoms with van der Waals surface area (Å²) in [5.74, 6) is -0.706. The highest BCUT2D eigenvalue weighted by atomic mass is 16.6. The van der Waals surface area contributed by atoms with Gasteiger partial charge in [0.15, 0.2) is 12.2 Å². The highest BCUT2D eigenvalue weighted by Gasteiger charge is 2.31. The van der Waals surface area contributed by atoms with E-state index < -0.39 is 30.0 Å². The summed E-state index contributed by atoms with van der Waals surface area (Å²) >= 11 is 0. The van der Waals surface area contributed by atoms with Gasteiger partial charge in [0.25, 0.3) is 11.8 Å². The second kappa shape index (κ2) is 8.64. The van der Waals surface area contributed by atoms with Crippen LogP contribution < -0.4 is 20.1 Å². The highest BCUT2D eigenvalue weighted by Crippen LogP contribution is 2.30. The molecule has 0 aliphatic carbocycles. The molecular weight excluding hydrogens is 376 g/mol. The molecule has 8 heteroatoms. The molecule has 1 heterocycles. The van der Waals surface area contributed by atoms with Crippen molar-refractivity contribution in [2.24, 2.45) is 0 Å². The molecule has 152 valence electrons. The average Bonchev–Trinajstić information content (AvgIpc) is 2.68. The molecule has 0 fully saturated rings. The number of carbonyl (C=O) groups is 3. The summed E-state index contributed by atoms with van der Waals surface area (Å²) in [5.41, 5.74) is 1.96. The fraction of sp³-hybridized carbons (Fsp3) is 0.286. The number of fused-ring (bicyclic) bond motifs is 1. The molecule has 3 rings (SSSR count). The third kappa shape index (κ3) is 4.84. The molecule has 0 aromatic heterocycles. The van der Waals surface area contributed by atoms with Gasteiger partial charge in [-0.2, -0.15) is 0 Å². The van der Waals surface area contributed by atoms with Crippen LogP contribution in [-0.2, 0) is 19.1 Å². The van der Waals surface area contributed by atoms with E-state index in [0.29, 0.717) is 22.9 Å². The first kappa shape index (κ1) is 20.2. The number of nitrogens with one attached hydrogen (secondary N) is 2. The summed E-state index contributed by atoms with van der Waals surface area (Å²) in [5, 5.41) is 5.36. The van der Waals surface area contributed by atoms with Crippen molar-refractivity contribution in [3.05, 3.63) is 48.0 Å². The summed E-state index contributed by atoms with van der Waals surface area (Å²) < 4.78 is 16.0. The Morgan fingerprint density at radius 1 is 1.24 bits per heavy atom. The molecule has 0 unspecified atom stereocenters. The molecule has 1 aliphatic rings. The standard InChI is InChI=1S/C21H22N2O6/c1-12-8-9-16(27-3)15(10-12)23-20(25)13(2)28-19(24)11-18-21(26)22-14-6-4-5-7-17(14)29-18/h4-10,13,18H,11H2,1-3H3,(H,22,26)(H,23,25)/t13-,18+/m0/s1. The number of hydrogen-bond donors (Lipinski definition) is 2. The first-order chi connectivity index (χ1) is 13.9. The number of aryl methyl sites for hydroxylation is 1. The number of anilines is 2. The zero-order valence-electron chi connectivity index (χ0n) is 16.4. The van der Waals surface area contributed by atoms with Crippen LogP contribution in [0.25, 0.3) is 0 Å². The van der Waals surface area contributed by atoms with Gasteiger partial charge in [0.05, 0.1) is 24.9 Å². The van der Waals surface area contributed by atoms with Crippen LogP contribution in [0.1, 0.15) is 18.9 Å². The molecule has 1 aliphatic heterocycles. The summed E-state index contributed by atoms with van der Waals surface area (Å²) in [6, 6.07) is 12.3. The Morgan fingerprint density at radius 2 is 2.00 bits per heavy atom. The number of ether oxygens (including phenoxy) is 3. The van der Waals surface area contributed by atoms with Gasteiger partial charge in [0.2, 0.25) is 0 Å². The third-order valence-electron chi connectivity index (χ3n) is 4.35. The molecule has 2 aromatic carbocycles. The Kier molecular flexibility index (Phi) is 6.01. The van der Waals surface area contributed by atoms with Crippen LogP contribution in [0.15, 0.2) is 42.5 Å². The molecule has 0 bridgehead atoms. The van der Waals surface area contributed by atoms with Crippen LogP contribution in [0.2, 0.25) is 0 Å².